The van der Waals surface area contributed by atoms with Gasteiger partial charge in [0.05, 0.1) is 11.7 Å². The van der Waals surface area contributed by atoms with Gasteiger partial charge in [0.15, 0.2) is 0 Å². The Morgan fingerprint density at radius 2 is 1.56 bits per heavy atom. The van der Waals surface area contributed by atoms with Gasteiger partial charge >= 0.3 is 11.7 Å². The number of carbonyl (C=O) groups excluding carboxylic acids is 2. The quantitative estimate of drug-likeness (QED) is 0.486. The third-order valence-corrected chi connectivity index (χ3v) is 8.54. The SMILES string of the molecule is O=C(N[C@H]1CCC[C@@H](c2ccccc2)N(CC2CC2)C1=O)N1CCC(n2cc(-c3ccccc3)[nH]c2=O)CC1. The number of urea groups is 1. The van der Waals surface area contributed by atoms with Gasteiger partial charge < -0.3 is 20.1 Å². The molecule has 204 valence electrons. The number of nitrogens with zero attached hydrogens (tertiary/aromatic N) is 3. The van der Waals surface area contributed by atoms with Crippen LogP contribution in [0.2, 0.25) is 0 Å². The van der Waals surface area contributed by atoms with Crippen LogP contribution in [0.4, 0.5) is 4.79 Å². The summed E-state index contributed by atoms with van der Waals surface area (Å²) in [7, 11) is 0. The van der Waals surface area contributed by atoms with Gasteiger partial charge in [0.25, 0.3) is 0 Å². The van der Waals surface area contributed by atoms with Gasteiger partial charge in [-0.25, -0.2) is 9.59 Å². The number of likely N-dealkylation sites (tertiary alicyclic amines) is 2. The average Bonchev–Trinajstić information content (AvgIpc) is 3.74. The summed E-state index contributed by atoms with van der Waals surface area (Å²) in [6, 6.07) is 19.5. The summed E-state index contributed by atoms with van der Waals surface area (Å²) in [5.41, 5.74) is 2.83. The fraction of sp³-hybridized carbons (Fsp3) is 0.452. The van der Waals surface area contributed by atoms with E-state index in [1.54, 1.807) is 9.47 Å². The summed E-state index contributed by atoms with van der Waals surface area (Å²) >= 11 is 0. The molecule has 3 heterocycles. The first-order valence-electron chi connectivity index (χ1n) is 14.3. The molecule has 2 aliphatic heterocycles. The Bertz CT molecular complexity index is 1340. The highest BCUT2D eigenvalue weighted by Gasteiger charge is 2.38. The molecule has 1 aromatic heterocycles. The fourth-order valence-corrected chi connectivity index (χ4v) is 6.13. The van der Waals surface area contributed by atoms with Gasteiger partial charge in [0, 0.05) is 31.9 Å². The highest BCUT2D eigenvalue weighted by Crippen LogP contribution is 2.37. The number of nitrogens with one attached hydrogen (secondary N) is 2. The molecule has 1 saturated carbocycles. The van der Waals surface area contributed by atoms with Gasteiger partial charge in [-0.1, -0.05) is 60.7 Å². The Balaban J connectivity index is 1.09. The van der Waals surface area contributed by atoms with E-state index in [2.05, 4.69) is 22.4 Å². The smallest absolute Gasteiger partial charge is 0.326 e. The lowest BCUT2D eigenvalue weighted by molar-refractivity contribution is -0.135. The first-order chi connectivity index (χ1) is 19.1. The van der Waals surface area contributed by atoms with E-state index in [0.717, 1.165) is 30.6 Å². The first kappa shape index (κ1) is 25.5. The number of aromatic nitrogens is 2. The Morgan fingerprint density at radius 3 is 2.26 bits per heavy atom. The van der Waals surface area contributed by atoms with Crippen molar-refractivity contribution in [2.75, 3.05) is 19.6 Å². The molecule has 2 aromatic carbocycles. The number of aromatic amines is 1. The molecule has 2 atom stereocenters. The number of H-pyrrole nitrogens is 1. The van der Waals surface area contributed by atoms with Crippen LogP contribution in [0.25, 0.3) is 11.3 Å². The maximum absolute atomic E-state index is 13.8. The van der Waals surface area contributed by atoms with Crippen LogP contribution in [0.1, 0.15) is 62.6 Å². The van der Waals surface area contributed by atoms with Gasteiger partial charge in [0.1, 0.15) is 6.04 Å². The van der Waals surface area contributed by atoms with Crippen molar-refractivity contribution in [1.82, 2.24) is 24.7 Å². The van der Waals surface area contributed by atoms with E-state index in [9.17, 15) is 14.4 Å². The van der Waals surface area contributed by atoms with Crippen LogP contribution in [0, 0.1) is 5.92 Å². The molecule has 0 spiro atoms. The highest BCUT2D eigenvalue weighted by molar-refractivity contribution is 5.87. The van der Waals surface area contributed by atoms with E-state index in [1.165, 1.54) is 18.4 Å². The fourth-order valence-electron chi connectivity index (χ4n) is 6.13. The minimum absolute atomic E-state index is 0.0374. The van der Waals surface area contributed by atoms with Crippen LogP contribution in [0.3, 0.4) is 0 Å². The molecule has 2 saturated heterocycles. The normalized spacial score (nSPS) is 22.5. The predicted octanol–water partition coefficient (Wildman–Crippen LogP) is 4.72. The van der Waals surface area contributed by atoms with Crippen molar-refractivity contribution in [1.29, 1.82) is 0 Å². The monoisotopic (exact) mass is 527 g/mol. The summed E-state index contributed by atoms with van der Waals surface area (Å²) in [5.74, 6) is 0.622. The molecular weight excluding hydrogens is 490 g/mol. The zero-order chi connectivity index (χ0) is 26.8. The van der Waals surface area contributed by atoms with Crippen LogP contribution in [0.15, 0.2) is 71.7 Å². The molecule has 8 heteroatoms. The minimum atomic E-state index is -0.497. The molecule has 2 N–H and O–H groups in total. The lowest BCUT2D eigenvalue weighted by Crippen LogP contribution is -2.53. The highest BCUT2D eigenvalue weighted by atomic mass is 16.2. The molecule has 0 radical (unpaired) electrons. The number of rotatable bonds is 6. The van der Waals surface area contributed by atoms with Gasteiger partial charge in [-0.2, -0.15) is 0 Å². The number of amides is 3. The molecule has 1 aliphatic carbocycles. The van der Waals surface area contributed by atoms with Crippen molar-refractivity contribution < 1.29 is 9.59 Å². The van der Waals surface area contributed by atoms with Crippen LogP contribution in [0.5, 0.6) is 0 Å². The molecule has 0 bridgehead atoms. The minimum Gasteiger partial charge on any atom is -0.334 e. The zero-order valence-corrected chi connectivity index (χ0v) is 22.3. The largest absolute Gasteiger partial charge is 0.334 e. The number of carbonyl (C=O) groups is 2. The van der Waals surface area contributed by atoms with Crippen molar-refractivity contribution in [2.24, 2.45) is 5.92 Å². The number of hydrogen-bond donors (Lipinski definition) is 2. The summed E-state index contributed by atoms with van der Waals surface area (Å²) in [6.45, 7) is 1.87. The maximum atomic E-state index is 13.8. The molecule has 0 unspecified atom stereocenters. The third-order valence-electron chi connectivity index (χ3n) is 8.54. The van der Waals surface area contributed by atoms with E-state index >= 15 is 0 Å². The molecule has 3 aliphatic rings. The molecule has 3 fully saturated rings. The molecule has 6 rings (SSSR count). The summed E-state index contributed by atoms with van der Waals surface area (Å²) in [4.78, 5) is 46.5. The summed E-state index contributed by atoms with van der Waals surface area (Å²) in [6.07, 6.45) is 8.09. The lowest BCUT2D eigenvalue weighted by atomic mass is 10.0. The van der Waals surface area contributed by atoms with E-state index < -0.39 is 6.04 Å². The Labute approximate surface area is 229 Å². The Morgan fingerprint density at radius 1 is 0.872 bits per heavy atom. The van der Waals surface area contributed by atoms with Gasteiger partial charge in [-0.15, -0.1) is 0 Å². The van der Waals surface area contributed by atoms with Crippen LogP contribution >= 0.6 is 0 Å². The van der Waals surface area contributed by atoms with Crippen LogP contribution < -0.4 is 11.0 Å². The molecule has 39 heavy (non-hydrogen) atoms. The number of benzene rings is 2. The third kappa shape index (κ3) is 5.65. The standard InChI is InChI=1S/C31H37N5O3/c37-29-26(12-7-13-28(24-10-5-2-6-11-24)36(29)20-22-14-15-22)32-30(38)34-18-16-25(17-19-34)35-21-27(33-31(35)39)23-8-3-1-4-9-23/h1-6,8-11,21-22,25-26,28H,7,12-20H2,(H,32,38)(H,33,39)/t26-,28-/m0/s1. The van der Waals surface area contributed by atoms with Crippen molar-refractivity contribution in [3.8, 4) is 11.3 Å². The number of piperidine rings is 1. The summed E-state index contributed by atoms with van der Waals surface area (Å²) in [5, 5.41) is 3.09. The zero-order valence-electron chi connectivity index (χ0n) is 22.3. The summed E-state index contributed by atoms with van der Waals surface area (Å²) < 4.78 is 1.77. The molecule has 8 nitrogen and oxygen atoms in total. The number of hydrogen-bond acceptors (Lipinski definition) is 3. The second-order valence-electron chi connectivity index (χ2n) is 11.3. The topological polar surface area (TPSA) is 90.4 Å². The Kier molecular flexibility index (Phi) is 7.26. The van der Waals surface area contributed by atoms with Crippen molar-refractivity contribution in [3.63, 3.8) is 0 Å². The lowest BCUT2D eigenvalue weighted by Gasteiger charge is -2.35. The van der Waals surface area contributed by atoms with Gasteiger partial charge in [-0.05, 0) is 62.0 Å². The number of imidazole rings is 1. The van der Waals surface area contributed by atoms with Crippen LogP contribution in [-0.2, 0) is 4.79 Å². The molecule has 3 amide bonds. The molecular formula is C31H37N5O3. The maximum Gasteiger partial charge on any atom is 0.326 e. The van der Waals surface area contributed by atoms with E-state index in [1.807, 2.05) is 59.6 Å². The second kappa shape index (κ2) is 11.1. The van der Waals surface area contributed by atoms with E-state index in [0.29, 0.717) is 38.3 Å². The molecule has 3 aromatic rings. The Hall–Kier alpha value is -3.81. The second-order valence-corrected chi connectivity index (χ2v) is 11.3. The van der Waals surface area contributed by atoms with Crippen molar-refractivity contribution in [2.45, 2.75) is 63.1 Å². The average molecular weight is 528 g/mol. The van der Waals surface area contributed by atoms with Crippen molar-refractivity contribution in [3.05, 3.63) is 82.9 Å². The first-order valence-corrected chi connectivity index (χ1v) is 14.3. The van der Waals surface area contributed by atoms with Crippen LogP contribution in [-0.4, -0.2) is 57.0 Å². The van der Waals surface area contributed by atoms with E-state index in [-0.39, 0.29) is 29.7 Å². The van der Waals surface area contributed by atoms with Gasteiger partial charge in [-0.3, -0.25) is 9.36 Å². The predicted molar refractivity (Wildman–Crippen MR) is 150 cm³/mol. The van der Waals surface area contributed by atoms with E-state index in [4.69, 9.17) is 0 Å². The van der Waals surface area contributed by atoms with Crippen molar-refractivity contribution >= 4 is 11.9 Å². The van der Waals surface area contributed by atoms with Gasteiger partial charge in [0.2, 0.25) is 5.91 Å².